The summed E-state index contributed by atoms with van der Waals surface area (Å²) in [4.78, 5) is 49.7. The van der Waals surface area contributed by atoms with Gasteiger partial charge in [-0.3, -0.25) is 19.2 Å². The van der Waals surface area contributed by atoms with Gasteiger partial charge >= 0.3 is 17.9 Å². The Hall–Kier alpha value is -2.88. The monoisotopic (exact) mass is 452 g/mol. The number of ether oxygens (including phenoxy) is 4. The zero-order valence-electron chi connectivity index (χ0n) is 19.1. The summed E-state index contributed by atoms with van der Waals surface area (Å²) in [5, 5.41) is 0. The molecular formula is C22H32N2O8. The van der Waals surface area contributed by atoms with Crippen LogP contribution in [0.3, 0.4) is 0 Å². The predicted octanol–water partition coefficient (Wildman–Crippen LogP) is 1.39. The summed E-state index contributed by atoms with van der Waals surface area (Å²) >= 11 is 0. The fourth-order valence-corrected chi connectivity index (χ4v) is 3.09. The topological polar surface area (TPSA) is 134 Å². The molecule has 32 heavy (non-hydrogen) atoms. The van der Waals surface area contributed by atoms with Crippen LogP contribution < -0.4 is 5.73 Å². The third-order valence-electron chi connectivity index (χ3n) is 4.96. The first-order chi connectivity index (χ1) is 15.0. The fourth-order valence-electron chi connectivity index (χ4n) is 3.09. The summed E-state index contributed by atoms with van der Waals surface area (Å²) < 4.78 is 22.6. The quantitative estimate of drug-likeness (QED) is 0.407. The molecule has 10 nitrogen and oxygen atoms in total. The van der Waals surface area contributed by atoms with Crippen molar-refractivity contribution < 1.29 is 38.1 Å². The van der Waals surface area contributed by atoms with Crippen LogP contribution in [0.2, 0.25) is 0 Å². The minimum absolute atomic E-state index is 0.0971. The van der Waals surface area contributed by atoms with Gasteiger partial charge in [0.15, 0.2) is 18.4 Å². The average Bonchev–Trinajstić information content (AvgIpc) is 3.08. The number of rotatable bonds is 9. The van der Waals surface area contributed by atoms with E-state index in [9.17, 15) is 19.2 Å². The van der Waals surface area contributed by atoms with E-state index in [0.717, 1.165) is 0 Å². The van der Waals surface area contributed by atoms with Gasteiger partial charge in [-0.25, -0.2) is 0 Å². The fraction of sp³-hybridized carbons (Fsp3) is 0.636. The summed E-state index contributed by atoms with van der Waals surface area (Å²) in [6.45, 7) is 8.17. The lowest BCUT2D eigenvalue weighted by Crippen LogP contribution is -2.46. The number of allylic oxidation sites excluding steroid dienone is 1. The van der Waals surface area contributed by atoms with Gasteiger partial charge in [-0.15, -0.1) is 0 Å². The molecule has 2 unspecified atom stereocenters. The average molecular weight is 453 g/mol. The number of esters is 3. The molecule has 2 N–H and O–H groups in total. The minimum atomic E-state index is -1.03. The maximum atomic E-state index is 12.4. The summed E-state index contributed by atoms with van der Waals surface area (Å²) in [7, 11) is 0. The van der Waals surface area contributed by atoms with Gasteiger partial charge in [-0.05, 0) is 6.42 Å². The van der Waals surface area contributed by atoms with Gasteiger partial charge in [0.1, 0.15) is 12.7 Å². The van der Waals surface area contributed by atoms with Gasteiger partial charge in [0.25, 0.3) is 0 Å². The Labute approximate surface area is 187 Å². The first-order valence-electron chi connectivity index (χ1n) is 10.7. The number of hydrogen-bond donors (Lipinski definition) is 1. The molecule has 2 aliphatic rings. The van der Waals surface area contributed by atoms with E-state index >= 15 is 0 Å². The Morgan fingerprint density at radius 2 is 1.75 bits per heavy atom. The van der Waals surface area contributed by atoms with E-state index < -0.39 is 54.3 Å². The summed E-state index contributed by atoms with van der Waals surface area (Å²) in [6.07, 6.45) is 1.46. The highest BCUT2D eigenvalue weighted by atomic mass is 16.7. The summed E-state index contributed by atoms with van der Waals surface area (Å²) in [5.74, 6) is -2.87. The molecule has 1 amide bonds. The zero-order chi connectivity index (χ0) is 24.0. The molecule has 1 fully saturated rings. The number of carbonyl (C=O) groups is 4. The van der Waals surface area contributed by atoms with Crippen molar-refractivity contribution in [1.82, 2.24) is 4.90 Å². The minimum Gasteiger partial charge on any atom is -0.463 e. The van der Waals surface area contributed by atoms with E-state index in [-0.39, 0.29) is 18.9 Å². The van der Waals surface area contributed by atoms with Crippen LogP contribution in [0.5, 0.6) is 0 Å². The summed E-state index contributed by atoms with van der Waals surface area (Å²) in [6, 6.07) is 0. The van der Waals surface area contributed by atoms with Crippen molar-refractivity contribution in [3.63, 3.8) is 0 Å². The van der Waals surface area contributed by atoms with Gasteiger partial charge in [0.2, 0.25) is 5.91 Å². The second kappa shape index (κ2) is 11.1. The molecule has 1 saturated heterocycles. The maximum absolute atomic E-state index is 12.4. The molecule has 0 aromatic rings. The Morgan fingerprint density at radius 3 is 2.31 bits per heavy atom. The lowest BCUT2D eigenvalue weighted by Gasteiger charge is -2.31. The highest BCUT2D eigenvalue weighted by Gasteiger charge is 2.52. The number of carbonyl (C=O) groups excluding carboxylic acids is 4. The van der Waals surface area contributed by atoms with Crippen LogP contribution >= 0.6 is 0 Å². The Kier molecular flexibility index (Phi) is 8.82. The Morgan fingerprint density at radius 1 is 1.09 bits per heavy atom. The molecule has 2 rings (SSSR count). The van der Waals surface area contributed by atoms with Gasteiger partial charge in [-0.1, -0.05) is 40.7 Å². The van der Waals surface area contributed by atoms with Crippen molar-refractivity contribution in [3.8, 4) is 0 Å². The lowest BCUT2D eigenvalue weighted by atomic mass is 10.1. The highest BCUT2D eigenvalue weighted by molar-refractivity contribution is 5.92. The van der Waals surface area contributed by atoms with Crippen LogP contribution in [0.4, 0.5) is 0 Å². The first kappa shape index (κ1) is 25.4. The Bertz CT molecular complexity index is 789. The number of nitrogens with two attached hydrogens (primary N) is 1. The number of nitrogens with zero attached hydrogens (tertiary/aromatic N) is 1. The summed E-state index contributed by atoms with van der Waals surface area (Å²) in [5.41, 5.74) is 5.75. The van der Waals surface area contributed by atoms with Gasteiger partial charge in [0, 0.05) is 24.4 Å². The number of amides is 1. The van der Waals surface area contributed by atoms with E-state index in [1.54, 1.807) is 51.8 Å². The third kappa shape index (κ3) is 6.32. The highest BCUT2D eigenvalue weighted by Crippen LogP contribution is 2.32. The number of primary amides is 1. The Balaban J connectivity index is 2.37. The van der Waals surface area contributed by atoms with Crippen LogP contribution in [0, 0.1) is 11.8 Å². The molecule has 10 heteroatoms. The van der Waals surface area contributed by atoms with Crippen molar-refractivity contribution in [2.75, 3.05) is 6.61 Å². The van der Waals surface area contributed by atoms with E-state index in [1.807, 2.05) is 0 Å². The van der Waals surface area contributed by atoms with Gasteiger partial charge in [0.05, 0.1) is 11.8 Å². The molecule has 2 heterocycles. The van der Waals surface area contributed by atoms with E-state index in [4.69, 9.17) is 24.7 Å². The van der Waals surface area contributed by atoms with E-state index in [2.05, 4.69) is 0 Å². The maximum Gasteiger partial charge on any atom is 0.308 e. The van der Waals surface area contributed by atoms with Gasteiger partial charge < -0.3 is 29.6 Å². The van der Waals surface area contributed by atoms with Crippen molar-refractivity contribution in [2.45, 2.75) is 72.0 Å². The van der Waals surface area contributed by atoms with Crippen molar-refractivity contribution in [3.05, 3.63) is 24.0 Å². The molecule has 0 aromatic carbocycles. The molecular weight excluding hydrogens is 420 g/mol. The smallest absolute Gasteiger partial charge is 0.308 e. The van der Waals surface area contributed by atoms with Crippen LogP contribution in [0.1, 0.15) is 47.5 Å². The normalized spacial score (nSPS) is 25.0. The predicted molar refractivity (Wildman–Crippen MR) is 112 cm³/mol. The van der Waals surface area contributed by atoms with Crippen molar-refractivity contribution >= 4 is 23.8 Å². The molecule has 0 radical (unpaired) electrons. The van der Waals surface area contributed by atoms with Crippen LogP contribution in [0.15, 0.2) is 24.0 Å². The standard InChI is InChI=1S/C22H32N2O8/c1-6-16(25)31-17-15(11-29-21(27)12(2)3)30-20(18(17)32-22(28)13(4)5)24-9-7-8-14(10-24)19(23)26/h7,9-10,12-13,15,17-18,20H,6,8,11H2,1-5H3,(H2,23,26)/t15?,17-,18-,20?/m1/s1. The molecule has 0 saturated carbocycles. The number of hydrogen-bond acceptors (Lipinski definition) is 9. The molecule has 2 aliphatic heterocycles. The zero-order valence-corrected chi connectivity index (χ0v) is 19.1. The molecule has 4 atom stereocenters. The molecule has 0 aromatic heterocycles. The molecule has 0 spiro atoms. The first-order valence-corrected chi connectivity index (χ1v) is 10.7. The van der Waals surface area contributed by atoms with Crippen molar-refractivity contribution in [2.24, 2.45) is 17.6 Å². The SMILES string of the molecule is CCC(=O)O[C@@H]1C(COC(=O)C(C)C)OC(N2C=CCC(C(N)=O)=C2)[C@@H]1OC(=O)C(C)C. The molecule has 178 valence electrons. The van der Waals surface area contributed by atoms with E-state index in [1.165, 1.54) is 6.20 Å². The lowest BCUT2D eigenvalue weighted by molar-refractivity contribution is -0.171. The molecule has 0 bridgehead atoms. The van der Waals surface area contributed by atoms with Gasteiger partial charge in [-0.2, -0.15) is 0 Å². The van der Waals surface area contributed by atoms with Crippen LogP contribution in [0.25, 0.3) is 0 Å². The third-order valence-corrected chi connectivity index (χ3v) is 4.96. The largest absolute Gasteiger partial charge is 0.463 e. The van der Waals surface area contributed by atoms with E-state index in [0.29, 0.717) is 12.0 Å². The van der Waals surface area contributed by atoms with Crippen molar-refractivity contribution in [1.29, 1.82) is 0 Å². The second-order valence-electron chi connectivity index (χ2n) is 8.27. The van der Waals surface area contributed by atoms with Crippen LogP contribution in [-0.2, 0) is 38.1 Å². The second-order valence-corrected chi connectivity index (χ2v) is 8.27. The molecule has 0 aliphatic carbocycles. The van der Waals surface area contributed by atoms with Crippen LogP contribution in [-0.4, -0.2) is 59.9 Å².